The molecule has 0 aromatic heterocycles. The molecule has 0 atom stereocenters. The lowest BCUT2D eigenvalue weighted by Crippen LogP contribution is -2.16. The number of hydrogen-bond acceptors (Lipinski definition) is 3. The summed E-state index contributed by atoms with van der Waals surface area (Å²) in [5.41, 5.74) is 2.34. The Labute approximate surface area is 177 Å². The molecule has 0 fully saturated rings. The van der Waals surface area contributed by atoms with E-state index in [-0.39, 0.29) is 23.0 Å². The predicted molar refractivity (Wildman–Crippen MR) is 115 cm³/mol. The number of hydrogen-bond donors (Lipinski definition) is 2. The monoisotopic (exact) mass is 476 g/mol. The third-order valence-corrected chi connectivity index (χ3v) is 6.13. The molecule has 1 amide bonds. The number of benzene rings is 3. The molecule has 3 aromatic rings. The maximum Gasteiger partial charge on any atom is 0.262 e. The van der Waals surface area contributed by atoms with Crippen LogP contribution in [0.3, 0.4) is 0 Å². The van der Waals surface area contributed by atoms with Crippen LogP contribution in [0.4, 0.5) is 15.8 Å². The van der Waals surface area contributed by atoms with Crippen LogP contribution >= 0.6 is 15.9 Å². The van der Waals surface area contributed by atoms with Crippen LogP contribution in [0.25, 0.3) is 0 Å². The first kappa shape index (κ1) is 21.0. The molecule has 0 aliphatic rings. The second-order valence-corrected chi connectivity index (χ2v) is 9.00. The SMILES string of the molecule is Cc1ccc(Br)c(NS(=O)(=O)c2cccc(NC(=O)Cc3ccc(F)cc3)c2)c1. The van der Waals surface area contributed by atoms with Gasteiger partial charge in [0.05, 0.1) is 17.0 Å². The summed E-state index contributed by atoms with van der Waals surface area (Å²) in [5, 5.41) is 2.67. The Bertz CT molecular complexity index is 1150. The summed E-state index contributed by atoms with van der Waals surface area (Å²) in [5.74, 6) is -0.708. The topological polar surface area (TPSA) is 75.3 Å². The van der Waals surface area contributed by atoms with Crippen LogP contribution in [0.1, 0.15) is 11.1 Å². The molecule has 8 heteroatoms. The molecule has 0 heterocycles. The summed E-state index contributed by atoms with van der Waals surface area (Å²) in [6.07, 6.45) is 0.0474. The van der Waals surface area contributed by atoms with Gasteiger partial charge in [-0.05, 0) is 76.4 Å². The number of anilines is 2. The maximum absolute atomic E-state index is 13.0. The molecular weight excluding hydrogens is 459 g/mol. The van der Waals surface area contributed by atoms with Gasteiger partial charge in [-0.1, -0.05) is 24.3 Å². The zero-order valence-electron chi connectivity index (χ0n) is 15.4. The number of nitrogens with one attached hydrogen (secondary N) is 2. The van der Waals surface area contributed by atoms with E-state index in [4.69, 9.17) is 0 Å². The Kier molecular flexibility index (Phi) is 6.34. The lowest BCUT2D eigenvalue weighted by molar-refractivity contribution is -0.115. The van der Waals surface area contributed by atoms with Crippen molar-refractivity contribution in [2.75, 3.05) is 10.0 Å². The molecule has 5 nitrogen and oxygen atoms in total. The highest BCUT2D eigenvalue weighted by molar-refractivity contribution is 9.10. The minimum atomic E-state index is -3.85. The van der Waals surface area contributed by atoms with Gasteiger partial charge in [-0.15, -0.1) is 0 Å². The number of aryl methyl sites for hydroxylation is 1. The van der Waals surface area contributed by atoms with Crippen molar-refractivity contribution in [3.05, 3.63) is 88.1 Å². The first-order valence-corrected chi connectivity index (χ1v) is 10.9. The van der Waals surface area contributed by atoms with Gasteiger partial charge >= 0.3 is 0 Å². The van der Waals surface area contributed by atoms with Gasteiger partial charge in [0.25, 0.3) is 10.0 Å². The number of sulfonamides is 1. The Morgan fingerprint density at radius 3 is 2.48 bits per heavy atom. The summed E-state index contributed by atoms with van der Waals surface area (Å²) in [6, 6.07) is 16.9. The molecule has 0 saturated carbocycles. The van der Waals surface area contributed by atoms with Crippen LogP contribution in [0, 0.1) is 12.7 Å². The van der Waals surface area contributed by atoms with Crippen LogP contribution < -0.4 is 10.0 Å². The van der Waals surface area contributed by atoms with Crippen LogP contribution in [-0.4, -0.2) is 14.3 Å². The highest BCUT2D eigenvalue weighted by Crippen LogP contribution is 2.27. The van der Waals surface area contributed by atoms with Crippen LogP contribution in [0.15, 0.2) is 76.1 Å². The van der Waals surface area contributed by atoms with E-state index in [1.807, 2.05) is 13.0 Å². The molecule has 0 spiro atoms. The molecule has 3 aromatic carbocycles. The van der Waals surface area contributed by atoms with E-state index in [2.05, 4.69) is 26.0 Å². The van der Waals surface area contributed by atoms with Crippen LogP contribution in [0.5, 0.6) is 0 Å². The highest BCUT2D eigenvalue weighted by Gasteiger charge is 2.17. The molecule has 2 N–H and O–H groups in total. The van der Waals surface area contributed by atoms with E-state index in [0.717, 1.165) is 5.56 Å². The number of rotatable bonds is 6. The zero-order chi connectivity index (χ0) is 21.0. The lowest BCUT2D eigenvalue weighted by atomic mass is 10.1. The molecule has 0 bridgehead atoms. The molecule has 0 saturated heterocycles. The smallest absolute Gasteiger partial charge is 0.262 e. The molecular formula is C21H18BrFN2O3S. The van der Waals surface area contributed by atoms with Gasteiger partial charge in [-0.2, -0.15) is 0 Å². The summed E-state index contributed by atoms with van der Waals surface area (Å²) in [6.45, 7) is 1.86. The molecule has 3 rings (SSSR count). The standard InChI is InChI=1S/C21H18BrFN2O3S/c1-14-5-10-19(22)20(11-14)25-29(27,28)18-4-2-3-17(13-18)24-21(26)12-15-6-8-16(23)9-7-15/h2-11,13,25H,12H2,1H3,(H,24,26). The second kappa shape index (κ2) is 8.75. The maximum atomic E-state index is 13.0. The van der Waals surface area contributed by atoms with E-state index in [1.165, 1.54) is 36.4 Å². The number of carbonyl (C=O) groups is 1. The van der Waals surface area contributed by atoms with Crippen molar-refractivity contribution < 1.29 is 17.6 Å². The molecule has 0 aliphatic heterocycles. The van der Waals surface area contributed by atoms with Gasteiger partial charge in [-0.3, -0.25) is 9.52 Å². The Hall–Kier alpha value is -2.71. The van der Waals surface area contributed by atoms with E-state index in [0.29, 0.717) is 21.4 Å². The largest absolute Gasteiger partial charge is 0.326 e. The van der Waals surface area contributed by atoms with Crippen molar-refractivity contribution in [3.8, 4) is 0 Å². The number of halogens is 2. The Morgan fingerprint density at radius 1 is 1.03 bits per heavy atom. The first-order valence-electron chi connectivity index (χ1n) is 8.66. The van der Waals surface area contributed by atoms with Gasteiger partial charge in [0.15, 0.2) is 0 Å². The highest BCUT2D eigenvalue weighted by atomic mass is 79.9. The fourth-order valence-corrected chi connectivity index (χ4v) is 4.25. The minimum absolute atomic E-state index is 0.0190. The van der Waals surface area contributed by atoms with Crippen LogP contribution in [0.2, 0.25) is 0 Å². The van der Waals surface area contributed by atoms with E-state index < -0.39 is 10.0 Å². The van der Waals surface area contributed by atoms with E-state index in [1.54, 1.807) is 24.3 Å². The van der Waals surface area contributed by atoms with Crippen molar-refractivity contribution in [2.24, 2.45) is 0 Å². The van der Waals surface area contributed by atoms with Gasteiger partial charge in [0.1, 0.15) is 5.82 Å². The summed E-state index contributed by atoms with van der Waals surface area (Å²) >= 11 is 3.33. The summed E-state index contributed by atoms with van der Waals surface area (Å²) < 4.78 is 41.6. The summed E-state index contributed by atoms with van der Waals surface area (Å²) in [4.78, 5) is 12.2. The predicted octanol–water partition coefficient (Wildman–Crippen LogP) is 4.88. The fraction of sp³-hybridized carbons (Fsp3) is 0.0952. The average Bonchev–Trinajstić information content (AvgIpc) is 2.66. The van der Waals surface area contributed by atoms with Crippen molar-refractivity contribution >= 4 is 43.2 Å². The normalized spacial score (nSPS) is 11.1. The van der Waals surface area contributed by atoms with E-state index >= 15 is 0 Å². The van der Waals surface area contributed by atoms with Gasteiger partial charge in [0.2, 0.25) is 5.91 Å². The van der Waals surface area contributed by atoms with E-state index in [9.17, 15) is 17.6 Å². The van der Waals surface area contributed by atoms with Crippen molar-refractivity contribution in [3.63, 3.8) is 0 Å². The average molecular weight is 477 g/mol. The Balaban J connectivity index is 1.75. The van der Waals surface area contributed by atoms with Gasteiger partial charge < -0.3 is 5.32 Å². The van der Waals surface area contributed by atoms with Gasteiger partial charge in [0, 0.05) is 10.2 Å². The third kappa shape index (κ3) is 5.65. The van der Waals surface area contributed by atoms with Crippen molar-refractivity contribution in [2.45, 2.75) is 18.2 Å². The molecule has 0 unspecified atom stereocenters. The fourth-order valence-electron chi connectivity index (χ4n) is 2.65. The Morgan fingerprint density at radius 2 is 1.76 bits per heavy atom. The van der Waals surface area contributed by atoms with Crippen molar-refractivity contribution in [1.29, 1.82) is 0 Å². The third-order valence-electron chi connectivity index (χ3n) is 4.07. The summed E-state index contributed by atoms with van der Waals surface area (Å²) in [7, 11) is -3.85. The first-order chi connectivity index (χ1) is 13.7. The minimum Gasteiger partial charge on any atom is -0.326 e. The van der Waals surface area contributed by atoms with Crippen molar-refractivity contribution in [1.82, 2.24) is 0 Å². The zero-order valence-corrected chi connectivity index (χ0v) is 17.8. The number of amides is 1. The number of carbonyl (C=O) groups excluding carboxylic acids is 1. The molecule has 150 valence electrons. The molecule has 29 heavy (non-hydrogen) atoms. The quantitative estimate of drug-likeness (QED) is 0.532. The second-order valence-electron chi connectivity index (χ2n) is 6.47. The van der Waals surface area contributed by atoms with Crippen LogP contribution in [-0.2, 0) is 21.2 Å². The molecule has 0 aliphatic carbocycles. The lowest BCUT2D eigenvalue weighted by Gasteiger charge is -2.12. The van der Waals surface area contributed by atoms with Gasteiger partial charge in [-0.25, -0.2) is 12.8 Å². The molecule has 0 radical (unpaired) electrons.